The molecule has 2 nitrogen and oxygen atoms in total. The molecule has 100 valence electrons. The summed E-state index contributed by atoms with van der Waals surface area (Å²) in [6, 6.07) is 7.37. The molecule has 1 aromatic carbocycles. The lowest BCUT2D eigenvalue weighted by molar-refractivity contribution is 0.574. The van der Waals surface area contributed by atoms with Crippen molar-refractivity contribution in [2.75, 3.05) is 0 Å². The van der Waals surface area contributed by atoms with Crippen LogP contribution in [-0.4, -0.2) is 9.97 Å². The lowest BCUT2D eigenvalue weighted by Crippen LogP contribution is -1.93. The molecule has 0 bridgehead atoms. The zero-order valence-corrected chi connectivity index (χ0v) is 11.2. The minimum absolute atomic E-state index is 0.358. The van der Waals surface area contributed by atoms with Crippen LogP contribution in [0.2, 0.25) is 0 Å². The van der Waals surface area contributed by atoms with Gasteiger partial charge in [0.15, 0.2) is 0 Å². The summed E-state index contributed by atoms with van der Waals surface area (Å²) in [7, 11) is 0. The molecule has 0 radical (unpaired) electrons. The first kappa shape index (κ1) is 12.9. The van der Waals surface area contributed by atoms with Crippen LogP contribution < -0.4 is 0 Å². The van der Waals surface area contributed by atoms with Crippen LogP contribution in [0.3, 0.4) is 0 Å². The molecule has 0 N–H and O–H groups in total. The van der Waals surface area contributed by atoms with E-state index in [1.165, 1.54) is 23.5 Å². The van der Waals surface area contributed by atoms with E-state index in [1.54, 1.807) is 12.4 Å². The number of thiazole rings is 1. The lowest BCUT2D eigenvalue weighted by atomic mass is 10.1. The van der Waals surface area contributed by atoms with Crippen molar-refractivity contribution in [2.24, 2.45) is 0 Å². The molecule has 0 aliphatic rings. The highest BCUT2D eigenvalue weighted by atomic mass is 32.1. The van der Waals surface area contributed by atoms with Crippen molar-refractivity contribution in [3.63, 3.8) is 0 Å². The molecule has 0 aliphatic heterocycles. The normalized spacial score (nSPS) is 10.7. The van der Waals surface area contributed by atoms with Crippen LogP contribution in [0.5, 0.6) is 0 Å². The molecule has 0 unspecified atom stereocenters. The Bertz CT molecular complexity index is 726. The van der Waals surface area contributed by atoms with Crippen LogP contribution >= 0.6 is 11.3 Å². The Balaban J connectivity index is 1.84. The van der Waals surface area contributed by atoms with Crippen LogP contribution in [0, 0.1) is 11.6 Å². The molecule has 2 heterocycles. The molecule has 0 atom stereocenters. The average Bonchev–Trinajstić information content (AvgIpc) is 2.92. The number of rotatable bonds is 3. The highest BCUT2D eigenvalue weighted by Crippen LogP contribution is 2.23. The second-order valence-electron chi connectivity index (χ2n) is 4.28. The molecule has 20 heavy (non-hydrogen) atoms. The molecule has 0 fully saturated rings. The van der Waals surface area contributed by atoms with Gasteiger partial charge in [0.1, 0.15) is 11.6 Å². The molecular weight excluding hydrogens is 278 g/mol. The van der Waals surface area contributed by atoms with Crippen molar-refractivity contribution < 1.29 is 8.78 Å². The molecule has 3 aromatic rings. The van der Waals surface area contributed by atoms with E-state index < -0.39 is 11.6 Å². The zero-order valence-electron chi connectivity index (χ0n) is 10.4. The number of benzene rings is 1. The second-order valence-corrected chi connectivity index (χ2v) is 5.22. The Kier molecular flexibility index (Phi) is 3.52. The van der Waals surface area contributed by atoms with Gasteiger partial charge in [0.05, 0.1) is 10.7 Å². The minimum Gasteiger partial charge on any atom is -0.264 e. The lowest BCUT2D eigenvalue weighted by Gasteiger charge is -2.00. The molecule has 3 rings (SSSR count). The monoisotopic (exact) mass is 288 g/mol. The summed E-state index contributed by atoms with van der Waals surface area (Å²) in [5.74, 6) is -1.11. The molecule has 0 spiro atoms. The maximum atomic E-state index is 13.6. The van der Waals surface area contributed by atoms with Gasteiger partial charge in [-0.1, -0.05) is 6.07 Å². The number of pyridine rings is 1. The van der Waals surface area contributed by atoms with Gasteiger partial charge in [0.2, 0.25) is 0 Å². The number of hydrogen-bond donors (Lipinski definition) is 0. The number of halogens is 2. The zero-order chi connectivity index (χ0) is 13.9. The summed E-state index contributed by atoms with van der Waals surface area (Å²) in [5, 5.41) is 2.70. The largest absolute Gasteiger partial charge is 0.264 e. The van der Waals surface area contributed by atoms with Crippen molar-refractivity contribution in [2.45, 2.75) is 6.42 Å². The Morgan fingerprint density at radius 1 is 1.15 bits per heavy atom. The van der Waals surface area contributed by atoms with Crippen LogP contribution in [0.4, 0.5) is 8.78 Å². The Labute approximate surface area is 118 Å². The van der Waals surface area contributed by atoms with Crippen molar-refractivity contribution >= 4 is 11.3 Å². The summed E-state index contributed by atoms with van der Waals surface area (Å²) >= 11 is 1.45. The first-order valence-corrected chi connectivity index (χ1v) is 6.89. The average molecular weight is 288 g/mol. The minimum atomic E-state index is -0.568. The fourth-order valence-electron chi connectivity index (χ4n) is 1.87. The highest BCUT2D eigenvalue weighted by Gasteiger charge is 2.09. The van der Waals surface area contributed by atoms with E-state index in [0.717, 1.165) is 22.3 Å². The van der Waals surface area contributed by atoms with Crippen LogP contribution in [-0.2, 0) is 6.42 Å². The van der Waals surface area contributed by atoms with E-state index >= 15 is 0 Å². The predicted octanol–water partition coefficient (Wildman–Crippen LogP) is 4.07. The second kappa shape index (κ2) is 5.46. The number of aromatic nitrogens is 2. The van der Waals surface area contributed by atoms with Crippen molar-refractivity contribution in [1.82, 2.24) is 9.97 Å². The maximum absolute atomic E-state index is 13.6. The first-order valence-electron chi connectivity index (χ1n) is 6.01. The van der Waals surface area contributed by atoms with E-state index in [-0.39, 0.29) is 0 Å². The van der Waals surface area contributed by atoms with Gasteiger partial charge in [-0.25, -0.2) is 13.8 Å². The molecule has 0 saturated carbocycles. The van der Waals surface area contributed by atoms with Gasteiger partial charge in [-0.05, 0) is 23.8 Å². The van der Waals surface area contributed by atoms with Crippen LogP contribution in [0.1, 0.15) is 10.6 Å². The quantitative estimate of drug-likeness (QED) is 0.726. The molecule has 0 saturated heterocycles. The van der Waals surface area contributed by atoms with Crippen molar-refractivity contribution in [3.05, 3.63) is 70.3 Å². The van der Waals surface area contributed by atoms with Gasteiger partial charge in [-0.15, -0.1) is 11.3 Å². The Hall–Kier alpha value is -2.14. The van der Waals surface area contributed by atoms with E-state index in [9.17, 15) is 8.78 Å². The molecule has 2 aromatic heterocycles. The van der Waals surface area contributed by atoms with Gasteiger partial charge in [0, 0.05) is 35.8 Å². The first-order chi connectivity index (χ1) is 9.72. The predicted molar refractivity (Wildman–Crippen MR) is 74.5 cm³/mol. The third-order valence-corrected chi connectivity index (χ3v) is 3.71. The number of nitrogens with zero attached hydrogens (tertiary/aromatic N) is 2. The van der Waals surface area contributed by atoms with Gasteiger partial charge < -0.3 is 0 Å². The summed E-state index contributed by atoms with van der Waals surface area (Å²) in [6.07, 6.45) is 3.79. The van der Waals surface area contributed by atoms with Crippen molar-refractivity contribution in [1.29, 1.82) is 0 Å². The molecule has 0 amide bonds. The van der Waals surface area contributed by atoms with E-state index in [2.05, 4.69) is 9.97 Å². The Morgan fingerprint density at radius 3 is 2.80 bits per heavy atom. The smallest absolute Gasteiger partial charge is 0.129 e. The molecular formula is C15H10F2N2S. The summed E-state index contributed by atoms with van der Waals surface area (Å²) in [4.78, 5) is 8.50. The SMILES string of the molecule is Fc1ccc(Cc2nc(-c3cccnc3)cs2)c(F)c1. The van der Waals surface area contributed by atoms with Gasteiger partial charge in [-0.2, -0.15) is 0 Å². The third kappa shape index (κ3) is 2.72. The van der Waals surface area contributed by atoms with Crippen molar-refractivity contribution in [3.8, 4) is 11.3 Å². The summed E-state index contributed by atoms with van der Waals surface area (Å²) < 4.78 is 26.4. The maximum Gasteiger partial charge on any atom is 0.129 e. The van der Waals surface area contributed by atoms with Gasteiger partial charge in [0.25, 0.3) is 0 Å². The van der Waals surface area contributed by atoms with Gasteiger partial charge >= 0.3 is 0 Å². The molecule has 0 aliphatic carbocycles. The van der Waals surface area contributed by atoms with Gasteiger partial charge in [-0.3, -0.25) is 4.98 Å². The van der Waals surface area contributed by atoms with Crippen LogP contribution in [0.15, 0.2) is 48.1 Å². The number of hydrogen-bond acceptors (Lipinski definition) is 3. The fourth-order valence-corrected chi connectivity index (χ4v) is 2.69. The topological polar surface area (TPSA) is 25.8 Å². The summed E-state index contributed by atoms with van der Waals surface area (Å²) in [6.45, 7) is 0. The molecule has 5 heteroatoms. The standard InChI is InChI=1S/C15H10F2N2S/c16-12-4-3-10(13(17)7-12)6-15-19-14(9-20-15)11-2-1-5-18-8-11/h1-5,7-9H,6H2. The van der Waals surface area contributed by atoms with E-state index in [0.29, 0.717) is 12.0 Å². The van der Waals surface area contributed by atoms with Crippen LogP contribution in [0.25, 0.3) is 11.3 Å². The highest BCUT2D eigenvalue weighted by molar-refractivity contribution is 7.10. The fraction of sp³-hybridized carbons (Fsp3) is 0.0667. The van der Waals surface area contributed by atoms with E-state index in [1.807, 2.05) is 17.5 Å². The summed E-state index contributed by atoms with van der Waals surface area (Å²) in [5.41, 5.74) is 2.19. The Morgan fingerprint density at radius 2 is 2.05 bits per heavy atom. The third-order valence-electron chi connectivity index (χ3n) is 2.87. The van der Waals surface area contributed by atoms with E-state index in [4.69, 9.17) is 0 Å².